The first kappa shape index (κ1) is 15.9. The van der Waals surface area contributed by atoms with Gasteiger partial charge in [-0.3, -0.25) is 0 Å². The number of ether oxygens (including phenoxy) is 2. The number of hydrogen-bond acceptors (Lipinski definition) is 3. The Morgan fingerprint density at radius 3 is 2.67 bits per heavy atom. The van der Waals surface area contributed by atoms with Crippen LogP contribution in [0.1, 0.15) is 51.9 Å². The highest BCUT2D eigenvalue weighted by Gasteiger charge is 2.22. The number of hydrogen-bond donors (Lipinski definition) is 1. The van der Waals surface area contributed by atoms with Crippen molar-refractivity contribution in [2.24, 2.45) is 5.92 Å². The minimum atomic E-state index is 0.707. The molecule has 0 spiro atoms. The van der Waals surface area contributed by atoms with Crippen molar-refractivity contribution in [2.45, 2.75) is 57.9 Å². The van der Waals surface area contributed by atoms with Gasteiger partial charge in [-0.05, 0) is 38.1 Å². The summed E-state index contributed by atoms with van der Waals surface area (Å²) >= 11 is 0. The molecule has 1 fully saturated rings. The van der Waals surface area contributed by atoms with E-state index in [0.29, 0.717) is 6.61 Å². The van der Waals surface area contributed by atoms with Crippen molar-refractivity contribution >= 4 is 0 Å². The first-order valence-electron chi connectivity index (χ1n) is 7.68. The molecule has 1 rings (SSSR count). The van der Waals surface area contributed by atoms with E-state index in [4.69, 9.17) is 9.47 Å². The van der Waals surface area contributed by atoms with Crippen LogP contribution in [0.2, 0.25) is 0 Å². The lowest BCUT2D eigenvalue weighted by Crippen LogP contribution is -2.38. The SMILES string of the molecule is CCC1CCCCC1NCCCCOCCOC. The van der Waals surface area contributed by atoms with Crippen LogP contribution in [0.25, 0.3) is 0 Å². The Balaban J connectivity index is 1.93. The van der Waals surface area contributed by atoms with Crippen LogP contribution in [0, 0.1) is 5.92 Å². The van der Waals surface area contributed by atoms with Gasteiger partial charge in [0.15, 0.2) is 0 Å². The van der Waals surface area contributed by atoms with Gasteiger partial charge in [0.25, 0.3) is 0 Å². The zero-order valence-corrected chi connectivity index (χ0v) is 12.2. The molecule has 3 nitrogen and oxygen atoms in total. The average molecular weight is 257 g/mol. The highest BCUT2D eigenvalue weighted by molar-refractivity contribution is 4.79. The van der Waals surface area contributed by atoms with E-state index in [1.807, 2.05) is 0 Å². The molecule has 108 valence electrons. The molecule has 2 unspecified atom stereocenters. The maximum Gasteiger partial charge on any atom is 0.0700 e. The van der Waals surface area contributed by atoms with Crippen molar-refractivity contribution in [3.63, 3.8) is 0 Å². The van der Waals surface area contributed by atoms with Gasteiger partial charge in [0, 0.05) is 19.8 Å². The van der Waals surface area contributed by atoms with Gasteiger partial charge >= 0.3 is 0 Å². The van der Waals surface area contributed by atoms with Crippen LogP contribution in [0.3, 0.4) is 0 Å². The van der Waals surface area contributed by atoms with E-state index in [2.05, 4.69) is 12.2 Å². The van der Waals surface area contributed by atoms with Crippen LogP contribution in [-0.2, 0) is 9.47 Å². The molecule has 0 aromatic heterocycles. The predicted molar refractivity (Wildman–Crippen MR) is 76.0 cm³/mol. The number of unbranched alkanes of at least 4 members (excludes halogenated alkanes) is 1. The zero-order chi connectivity index (χ0) is 13.1. The molecule has 0 bridgehead atoms. The maximum atomic E-state index is 5.46. The second-order valence-electron chi connectivity index (χ2n) is 5.33. The Kier molecular flexibility index (Phi) is 9.54. The summed E-state index contributed by atoms with van der Waals surface area (Å²) in [4.78, 5) is 0. The quantitative estimate of drug-likeness (QED) is 0.610. The van der Waals surface area contributed by atoms with Crippen LogP contribution in [0.15, 0.2) is 0 Å². The summed E-state index contributed by atoms with van der Waals surface area (Å²) in [5.41, 5.74) is 0. The highest BCUT2D eigenvalue weighted by atomic mass is 16.5. The van der Waals surface area contributed by atoms with Gasteiger partial charge in [0.05, 0.1) is 13.2 Å². The van der Waals surface area contributed by atoms with Gasteiger partial charge in [-0.25, -0.2) is 0 Å². The average Bonchev–Trinajstić information content (AvgIpc) is 2.42. The molecule has 0 amide bonds. The smallest absolute Gasteiger partial charge is 0.0700 e. The van der Waals surface area contributed by atoms with Crippen LogP contribution < -0.4 is 5.32 Å². The molecule has 18 heavy (non-hydrogen) atoms. The lowest BCUT2D eigenvalue weighted by molar-refractivity contribution is 0.0686. The summed E-state index contributed by atoms with van der Waals surface area (Å²) in [5.74, 6) is 0.914. The molecule has 0 aliphatic heterocycles. The lowest BCUT2D eigenvalue weighted by atomic mass is 9.83. The van der Waals surface area contributed by atoms with Gasteiger partial charge in [-0.1, -0.05) is 26.2 Å². The molecule has 0 heterocycles. The monoisotopic (exact) mass is 257 g/mol. The molecular formula is C15H31NO2. The maximum absolute atomic E-state index is 5.46. The minimum Gasteiger partial charge on any atom is -0.382 e. The summed E-state index contributed by atoms with van der Waals surface area (Å²) in [5, 5.41) is 3.74. The van der Waals surface area contributed by atoms with Crippen molar-refractivity contribution in [3.8, 4) is 0 Å². The number of nitrogens with one attached hydrogen (secondary N) is 1. The van der Waals surface area contributed by atoms with Crippen molar-refractivity contribution in [3.05, 3.63) is 0 Å². The Labute approximate surface area is 113 Å². The van der Waals surface area contributed by atoms with E-state index in [1.54, 1.807) is 7.11 Å². The summed E-state index contributed by atoms with van der Waals surface area (Å²) < 4.78 is 10.4. The van der Waals surface area contributed by atoms with Crippen LogP contribution in [0.5, 0.6) is 0 Å². The molecule has 0 aromatic rings. The largest absolute Gasteiger partial charge is 0.382 e. The second kappa shape index (κ2) is 10.8. The van der Waals surface area contributed by atoms with Crippen molar-refractivity contribution in [1.29, 1.82) is 0 Å². The summed E-state index contributed by atoms with van der Waals surface area (Å²) in [6, 6.07) is 0.776. The topological polar surface area (TPSA) is 30.5 Å². The van der Waals surface area contributed by atoms with Crippen LogP contribution in [0.4, 0.5) is 0 Å². The molecule has 1 saturated carbocycles. The van der Waals surface area contributed by atoms with Gasteiger partial charge < -0.3 is 14.8 Å². The molecule has 2 atom stereocenters. The van der Waals surface area contributed by atoms with E-state index < -0.39 is 0 Å². The van der Waals surface area contributed by atoms with E-state index in [0.717, 1.165) is 38.1 Å². The molecule has 0 radical (unpaired) electrons. The third-order valence-corrected chi connectivity index (χ3v) is 3.99. The predicted octanol–water partition coefficient (Wildman–Crippen LogP) is 2.99. The molecule has 1 aliphatic rings. The first-order valence-corrected chi connectivity index (χ1v) is 7.68. The summed E-state index contributed by atoms with van der Waals surface area (Å²) in [7, 11) is 1.71. The van der Waals surface area contributed by atoms with Crippen molar-refractivity contribution in [2.75, 3.05) is 33.5 Å². The van der Waals surface area contributed by atoms with Gasteiger partial charge in [0.1, 0.15) is 0 Å². The first-order chi connectivity index (χ1) is 8.88. The van der Waals surface area contributed by atoms with Crippen molar-refractivity contribution in [1.82, 2.24) is 5.32 Å². The third kappa shape index (κ3) is 6.72. The van der Waals surface area contributed by atoms with E-state index in [-0.39, 0.29) is 0 Å². The fraction of sp³-hybridized carbons (Fsp3) is 1.00. The normalized spacial score (nSPS) is 24.3. The van der Waals surface area contributed by atoms with Crippen molar-refractivity contribution < 1.29 is 9.47 Å². The lowest BCUT2D eigenvalue weighted by Gasteiger charge is -2.31. The molecule has 0 saturated heterocycles. The van der Waals surface area contributed by atoms with E-state index in [9.17, 15) is 0 Å². The number of rotatable bonds is 10. The standard InChI is InChI=1S/C15H31NO2/c1-3-14-8-4-5-9-15(14)16-10-6-7-11-18-13-12-17-2/h14-16H,3-13H2,1-2H3. The van der Waals surface area contributed by atoms with Crippen LogP contribution in [-0.4, -0.2) is 39.5 Å². The number of methoxy groups -OCH3 is 1. The molecule has 1 aliphatic carbocycles. The Hall–Kier alpha value is -0.120. The van der Waals surface area contributed by atoms with Crippen LogP contribution >= 0.6 is 0 Å². The molecule has 1 N–H and O–H groups in total. The third-order valence-electron chi connectivity index (χ3n) is 3.99. The molecular weight excluding hydrogens is 226 g/mol. The zero-order valence-electron chi connectivity index (χ0n) is 12.2. The summed E-state index contributed by atoms with van der Waals surface area (Å²) in [6.07, 6.45) is 9.35. The van der Waals surface area contributed by atoms with Gasteiger partial charge in [0.2, 0.25) is 0 Å². The fourth-order valence-corrected chi connectivity index (χ4v) is 2.83. The Bertz CT molecular complexity index is 187. The minimum absolute atomic E-state index is 0.707. The Morgan fingerprint density at radius 2 is 1.89 bits per heavy atom. The van der Waals surface area contributed by atoms with Gasteiger partial charge in [-0.2, -0.15) is 0 Å². The highest BCUT2D eigenvalue weighted by Crippen LogP contribution is 2.26. The van der Waals surface area contributed by atoms with Gasteiger partial charge in [-0.15, -0.1) is 0 Å². The van der Waals surface area contributed by atoms with E-state index in [1.165, 1.54) is 38.5 Å². The molecule has 0 aromatic carbocycles. The second-order valence-corrected chi connectivity index (χ2v) is 5.33. The Morgan fingerprint density at radius 1 is 1.06 bits per heavy atom. The van der Waals surface area contributed by atoms with E-state index >= 15 is 0 Å². The molecule has 3 heteroatoms. The summed E-state index contributed by atoms with van der Waals surface area (Å²) in [6.45, 7) is 5.78. The fourth-order valence-electron chi connectivity index (χ4n) is 2.83.